The molecule has 10 aromatic carbocycles. The summed E-state index contributed by atoms with van der Waals surface area (Å²) < 4.78 is 8.71. The van der Waals surface area contributed by atoms with Crippen LogP contribution in [0.1, 0.15) is 25.0 Å². The highest BCUT2D eigenvalue weighted by atomic mass is 79.9. The van der Waals surface area contributed by atoms with Crippen LogP contribution in [0.4, 0.5) is 0 Å². The van der Waals surface area contributed by atoms with Crippen LogP contribution < -0.4 is 0 Å². The van der Waals surface area contributed by atoms with Crippen molar-refractivity contribution in [2.45, 2.75) is 19.3 Å². The minimum Gasteiger partial charge on any atom is -0.309 e. The van der Waals surface area contributed by atoms with Gasteiger partial charge in [-0.3, -0.25) is 0 Å². The van der Waals surface area contributed by atoms with Gasteiger partial charge in [0.15, 0.2) is 0 Å². The number of halogens is 1. The number of hydrogen-bond donors (Lipinski definition) is 0. The van der Waals surface area contributed by atoms with Crippen molar-refractivity contribution in [2.75, 3.05) is 0 Å². The number of benzene rings is 10. The van der Waals surface area contributed by atoms with Gasteiger partial charge in [0.1, 0.15) is 0 Å². The fourth-order valence-electron chi connectivity index (χ4n) is 11.2. The zero-order chi connectivity index (χ0) is 40.3. The molecule has 0 spiro atoms. The van der Waals surface area contributed by atoms with E-state index in [1.54, 1.807) is 0 Å². The molecule has 286 valence electrons. The molecule has 0 saturated heterocycles. The molecule has 0 atom stereocenters. The zero-order valence-corrected chi connectivity index (χ0v) is 35.8. The summed E-state index contributed by atoms with van der Waals surface area (Å²) in [4.78, 5) is 0. The molecule has 0 saturated carbocycles. The van der Waals surface area contributed by atoms with E-state index < -0.39 is 0 Å². The first kappa shape index (κ1) is 34.0. The van der Waals surface area contributed by atoms with Crippen molar-refractivity contribution >= 4 is 123 Å². The van der Waals surface area contributed by atoms with Crippen LogP contribution in [0.3, 0.4) is 0 Å². The third-order valence-corrected chi connectivity index (χ3v) is 15.6. The molecule has 0 N–H and O–H groups in total. The fraction of sp³-hybridized carbons (Fsp3) is 0.0526. The molecular formula is C57H35BrN2S. The Hall–Kier alpha value is -6.72. The van der Waals surface area contributed by atoms with Crippen molar-refractivity contribution in [3.8, 4) is 22.5 Å². The summed E-state index contributed by atoms with van der Waals surface area (Å²) in [6.07, 6.45) is 0. The molecule has 61 heavy (non-hydrogen) atoms. The van der Waals surface area contributed by atoms with Crippen LogP contribution in [0.5, 0.6) is 0 Å². The first-order chi connectivity index (χ1) is 29.9. The van der Waals surface area contributed by atoms with Gasteiger partial charge in [-0.25, -0.2) is 0 Å². The van der Waals surface area contributed by atoms with Crippen LogP contribution in [0, 0.1) is 0 Å². The van der Waals surface area contributed by atoms with E-state index in [0.29, 0.717) is 0 Å². The van der Waals surface area contributed by atoms with Crippen molar-refractivity contribution in [1.82, 2.24) is 9.13 Å². The molecule has 1 aliphatic rings. The Kier molecular flexibility index (Phi) is 6.68. The molecule has 0 fully saturated rings. The smallest absolute Gasteiger partial charge is 0.0640 e. The SMILES string of the molecule is CC1(C)c2cc3c4ccccc4c4ccccc4c3cc2-c2cc3c(cc21)c1cc(Br)ccc1n3-c1ccc2c(c1)c1ccccc1n2-c1cccc2c1sc1ccccc12. The van der Waals surface area contributed by atoms with Crippen LogP contribution in [0.25, 0.3) is 119 Å². The predicted octanol–water partition coefficient (Wildman–Crippen LogP) is 16.8. The first-order valence-electron chi connectivity index (χ1n) is 21.0. The van der Waals surface area contributed by atoms with Crippen molar-refractivity contribution in [3.63, 3.8) is 0 Å². The van der Waals surface area contributed by atoms with Gasteiger partial charge in [-0.15, -0.1) is 11.3 Å². The fourth-order valence-corrected chi connectivity index (χ4v) is 12.7. The van der Waals surface area contributed by atoms with E-state index in [4.69, 9.17) is 0 Å². The van der Waals surface area contributed by atoms with Crippen molar-refractivity contribution < 1.29 is 0 Å². The van der Waals surface area contributed by atoms with Gasteiger partial charge in [-0.05, 0) is 133 Å². The zero-order valence-electron chi connectivity index (χ0n) is 33.4. The summed E-state index contributed by atoms with van der Waals surface area (Å²) in [5.41, 5.74) is 12.5. The maximum absolute atomic E-state index is 3.86. The maximum Gasteiger partial charge on any atom is 0.0640 e. The Morgan fingerprint density at radius 1 is 0.393 bits per heavy atom. The minimum atomic E-state index is -0.182. The number of thiophene rings is 1. The Morgan fingerprint density at radius 3 is 1.70 bits per heavy atom. The number of hydrogen-bond acceptors (Lipinski definition) is 1. The highest BCUT2D eigenvalue weighted by Crippen LogP contribution is 2.54. The third-order valence-electron chi connectivity index (χ3n) is 13.9. The first-order valence-corrected chi connectivity index (χ1v) is 22.6. The van der Waals surface area contributed by atoms with E-state index in [-0.39, 0.29) is 5.41 Å². The van der Waals surface area contributed by atoms with Gasteiger partial charge in [-0.1, -0.05) is 127 Å². The number of nitrogens with zero attached hydrogens (tertiary/aromatic N) is 2. The van der Waals surface area contributed by atoms with Crippen LogP contribution in [-0.2, 0) is 5.41 Å². The molecule has 3 aromatic heterocycles. The van der Waals surface area contributed by atoms with Gasteiger partial charge < -0.3 is 9.13 Å². The minimum absolute atomic E-state index is 0.182. The molecule has 0 radical (unpaired) electrons. The number of aromatic nitrogens is 2. The predicted molar refractivity (Wildman–Crippen MR) is 266 cm³/mol. The average molecular weight is 860 g/mol. The second-order valence-corrected chi connectivity index (χ2v) is 19.3. The number of fused-ring (bicyclic) bond motifs is 18. The molecule has 0 amide bonds. The molecule has 2 nitrogen and oxygen atoms in total. The van der Waals surface area contributed by atoms with E-state index in [9.17, 15) is 0 Å². The van der Waals surface area contributed by atoms with Crippen LogP contribution in [0.2, 0.25) is 0 Å². The van der Waals surface area contributed by atoms with Crippen molar-refractivity contribution in [3.05, 3.63) is 192 Å². The highest BCUT2D eigenvalue weighted by Gasteiger charge is 2.37. The Balaban J connectivity index is 1.04. The largest absolute Gasteiger partial charge is 0.309 e. The monoisotopic (exact) mass is 858 g/mol. The standard InChI is InChI=1S/C57H35BrN2S/c1-57(2)48-29-42-37-15-6-4-13-35(37)34-12-3-5-14-36(34)41(42)28-43(48)44-31-54-47(30-49(44)57)45-26-32(58)22-24-51(45)59(54)33-23-25-52-46(27-33)38-16-7-9-19-50(38)60(52)53-20-11-18-40-39-17-8-10-21-55(39)61-56(40)53/h3-31H,1-2H3. The number of para-hydroxylation sites is 1. The van der Waals surface area contributed by atoms with Crippen molar-refractivity contribution in [2.24, 2.45) is 0 Å². The van der Waals surface area contributed by atoms with E-state index >= 15 is 0 Å². The van der Waals surface area contributed by atoms with Crippen molar-refractivity contribution in [1.29, 1.82) is 0 Å². The summed E-state index contributed by atoms with van der Waals surface area (Å²) in [5, 5.41) is 15.5. The normalized spacial score (nSPS) is 13.6. The molecule has 3 heterocycles. The molecule has 14 rings (SSSR count). The van der Waals surface area contributed by atoms with Crippen LogP contribution >= 0.6 is 27.3 Å². The summed E-state index contributed by atoms with van der Waals surface area (Å²) >= 11 is 5.74. The molecule has 13 aromatic rings. The van der Waals surface area contributed by atoms with Gasteiger partial charge in [0.05, 0.1) is 32.5 Å². The van der Waals surface area contributed by atoms with E-state index in [1.165, 1.54) is 124 Å². The van der Waals surface area contributed by atoms with Gasteiger partial charge in [0.25, 0.3) is 0 Å². The lowest BCUT2D eigenvalue weighted by molar-refractivity contribution is 0.662. The topological polar surface area (TPSA) is 9.86 Å². The van der Waals surface area contributed by atoms with Crippen LogP contribution in [-0.4, -0.2) is 9.13 Å². The summed E-state index contributed by atoms with van der Waals surface area (Å²) in [6, 6.07) is 66.2. The van der Waals surface area contributed by atoms with E-state index in [1.807, 2.05) is 11.3 Å². The lowest BCUT2D eigenvalue weighted by Crippen LogP contribution is -2.15. The Morgan fingerprint density at radius 2 is 0.934 bits per heavy atom. The lowest BCUT2D eigenvalue weighted by atomic mass is 9.81. The van der Waals surface area contributed by atoms with Gasteiger partial charge >= 0.3 is 0 Å². The van der Waals surface area contributed by atoms with Gasteiger partial charge in [0.2, 0.25) is 0 Å². The van der Waals surface area contributed by atoms with Gasteiger partial charge in [0, 0.05) is 52.6 Å². The second-order valence-electron chi connectivity index (χ2n) is 17.4. The molecular weight excluding hydrogens is 825 g/mol. The molecule has 0 unspecified atom stereocenters. The second kappa shape index (κ2) is 12.0. The summed E-state index contributed by atoms with van der Waals surface area (Å²) in [7, 11) is 0. The van der Waals surface area contributed by atoms with Crippen LogP contribution in [0.15, 0.2) is 180 Å². The molecule has 0 aliphatic heterocycles. The Bertz CT molecular complexity index is 4100. The molecule has 4 heteroatoms. The maximum atomic E-state index is 3.86. The van der Waals surface area contributed by atoms with E-state index in [2.05, 4.69) is 215 Å². The molecule has 0 bridgehead atoms. The van der Waals surface area contributed by atoms with Gasteiger partial charge in [-0.2, -0.15) is 0 Å². The highest BCUT2D eigenvalue weighted by molar-refractivity contribution is 9.10. The van der Waals surface area contributed by atoms with E-state index in [0.717, 1.165) is 10.2 Å². The third kappa shape index (κ3) is 4.46. The average Bonchev–Trinajstić information content (AvgIpc) is 4.00. The number of rotatable bonds is 2. The molecule has 1 aliphatic carbocycles. The Labute approximate surface area is 363 Å². The summed E-state index contributed by atoms with van der Waals surface area (Å²) in [6.45, 7) is 4.83. The summed E-state index contributed by atoms with van der Waals surface area (Å²) in [5.74, 6) is 0. The lowest BCUT2D eigenvalue weighted by Gasteiger charge is -2.22. The quantitative estimate of drug-likeness (QED) is 0.153.